The topological polar surface area (TPSA) is 32.6 Å². The Morgan fingerprint density at radius 1 is 0.543 bits per heavy atom. The van der Waals surface area contributed by atoms with E-state index in [1.54, 1.807) is 0 Å². The molecule has 0 aliphatic heterocycles. The molecular formula is C32H26N3+. The van der Waals surface area contributed by atoms with E-state index >= 15 is 0 Å². The fraction of sp³-hybridized carbons (Fsp3) is 0.0625. The normalized spacial score (nSPS) is 11.1. The molecule has 3 nitrogen and oxygen atoms in total. The minimum Gasteiger partial charge on any atom is -0.238 e. The van der Waals surface area contributed by atoms with Crippen LogP contribution in [0, 0.1) is 13.8 Å². The smallest absolute Gasteiger partial charge is 0.238 e. The van der Waals surface area contributed by atoms with Crippen molar-refractivity contribution in [1.29, 1.82) is 0 Å². The van der Waals surface area contributed by atoms with Crippen LogP contribution in [0.1, 0.15) is 11.1 Å². The van der Waals surface area contributed by atoms with Crippen molar-refractivity contribution in [2.75, 3.05) is 0 Å². The molecule has 4 aromatic carbocycles. The standard InChI is InChI=1S/C32H26N3/c1-22-18-28-29(19-23(22)2)34-32(33-28)35-30(25-14-8-4-9-15-25)20-27(24-12-6-3-7-13-24)21-31(35)26-16-10-5-11-17-26/h3-21H,1-2H3,(H,33,34)/q+1. The second kappa shape index (κ2) is 8.69. The maximum absolute atomic E-state index is 5.07. The van der Waals surface area contributed by atoms with Crippen molar-refractivity contribution in [3.63, 3.8) is 0 Å². The van der Waals surface area contributed by atoms with Crippen LogP contribution in [-0.4, -0.2) is 9.97 Å². The summed E-state index contributed by atoms with van der Waals surface area (Å²) in [5.74, 6) is 0.808. The summed E-state index contributed by atoms with van der Waals surface area (Å²) in [5, 5.41) is 0. The molecule has 0 spiro atoms. The average Bonchev–Trinajstić information content (AvgIpc) is 3.32. The van der Waals surface area contributed by atoms with Crippen LogP contribution in [0.15, 0.2) is 115 Å². The van der Waals surface area contributed by atoms with E-state index in [0.29, 0.717) is 0 Å². The van der Waals surface area contributed by atoms with E-state index in [9.17, 15) is 0 Å². The summed E-state index contributed by atoms with van der Waals surface area (Å²) in [5.41, 5.74) is 11.3. The number of imidazole rings is 1. The summed E-state index contributed by atoms with van der Waals surface area (Å²) in [6.07, 6.45) is 0. The number of nitrogens with one attached hydrogen (secondary N) is 1. The number of aromatic amines is 1. The summed E-state index contributed by atoms with van der Waals surface area (Å²) < 4.78 is 2.25. The molecule has 0 atom stereocenters. The van der Waals surface area contributed by atoms with Crippen molar-refractivity contribution in [1.82, 2.24) is 9.97 Å². The zero-order valence-electron chi connectivity index (χ0n) is 19.9. The Hall–Kier alpha value is -4.50. The lowest BCUT2D eigenvalue weighted by Crippen LogP contribution is -2.37. The van der Waals surface area contributed by atoms with Crippen LogP contribution >= 0.6 is 0 Å². The second-order valence-corrected chi connectivity index (χ2v) is 8.96. The van der Waals surface area contributed by atoms with E-state index in [0.717, 1.165) is 39.5 Å². The summed E-state index contributed by atoms with van der Waals surface area (Å²) >= 11 is 0. The lowest BCUT2D eigenvalue weighted by Gasteiger charge is -2.15. The van der Waals surface area contributed by atoms with Crippen molar-refractivity contribution in [3.05, 3.63) is 126 Å². The number of rotatable bonds is 4. The lowest BCUT2D eigenvalue weighted by atomic mass is 9.99. The summed E-state index contributed by atoms with van der Waals surface area (Å²) in [4.78, 5) is 8.68. The van der Waals surface area contributed by atoms with Gasteiger partial charge >= 0.3 is 5.95 Å². The van der Waals surface area contributed by atoms with Crippen molar-refractivity contribution < 1.29 is 4.57 Å². The number of hydrogen-bond acceptors (Lipinski definition) is 1. The van der Waals surface area contributed by atoms with E-state index in [4.69, 9.17) is 4.98 Å². The Kier molecular flexibility index (Phi) is 5.23. The third-order valence-corrected chi connectivity index (χ3v) is 6.61. The van der Waals surface area contributed by atoms with Gasteiger partial charge in [-0.3, -0.25) is 0 Å². The van der Waals surface area contributed by atoms with Crippen molar-refractivity contribution >= 4 is 11.0 Å². The molecule has 1 N–H and O–H groups in total. The van der Waals surface area contributed by atoms with Gasteiger partial charge in [0.2, 0.25) is 0 Å². The van der Waals surface area contributed by atoms with Gasteiger partial charge in [-0.2, -0.15) is 4.57 Å². The maximum atomic E-state index is 5.07. The number of nitrogens with zero attached hydrogens (tertiary/aromatic N) is 2. The first-order valence-corrected chi connectivity index (χ1v) is 11.9. The summed E-state index contributed by atoms with van der Waals surface area (Å²) in [7, 11) is 0. The molecule has 0 unspecified atom stereocenters. The first kappa shape index (κ1) is 21.1. The fourth-order valence-corrected chi connectivity index (χ4v) is 4.63. The third kappa shape index (κ3) is 3.91. The average molecular weight is 453 g/mol. The van der Waals surface area contributed by atoms with Gasteiger partial charge in [0.15, 0.2) is 5.52 Å². The molecule has 35 heavy (non-hydrogen) atoms. The van der Waals surface area contributed by atoms with Crippen LogP contribution in [0.3, 0.4) is 0 Å². The molecule has 0 fully saturated rings. The van der Waals surface area contributed by atoms with E-state index in [-0.39, 0.29) is 0 Å². The lowest BCUT2D eigenvalue weighted by molar-refractivity contribution is -0.579. The van der Waals surface area contributed by atoms with E-state index in [1.807, 2.05) is 0 Å². The molecule has 0 aliphatic rings. The van der Waals surface area contributed by atoms with Crippen LogP contribution in [0.4, 0.5) is 0 Å². The van der Waals surface area contributed by atoms with Gasteiger partial charge in [0.25, 0.3) is 0 Å². The molecule has 0 saturated carbocycles. The molecule has 6 rings (SSSR count). The first-order chi connectivity index (χ1) is 17.2. The molecule has 2 aromatic heterocycles. The molecule has 0 radical (unpaired) electrons. The van der Waals surface area contributed by atoms with E-state index in [1.165, 1.54) is 22.3 Å². The van der Waals surface area contributed by atoms with Crippen molar-refractivity contribution in [3.8, 4) is 39.6 Å². The minimum atomic E-state index is 0.808. The third-order valence-electron chi connectivity index (χ3n) is 6.61. The van der Waals surface area contributed by atoms with Gasteiger partial charge in [0, 0.05) is 11.1 Å². The minimum absolute atomic E-state index is 0.808. The zero-order chi connectivity index (χ0) is 23.8. The highest BCUT2D eigenvalue weighted by Crippen LogP contribution is 2.30. The number of fused-ring (bicyclic) bond motifs is 1. The summed E-state index contributed by atoms with van der Waals surface area (Å²) in [6.45, 7) is 4.28. The summed E-state index contributed by atoms with van der Waals surface area (Å²) in [6, 6.07) is 40.5. The molecule has 0 aliphatic carbocycles. The number of aryl methyl sites for hydroxylation is 2. The molecular weight excluding hydrogens is 426 g/mol. The van der Waals surface area contributed by atoms with Gasteiger partial charge in [-0.1, -0.05) is 96.0 Å². The van der Waals surface area contributed by atoms with E-state index < -0.39 is 0 Å². The Morgan fingerprint density at radius 3 is 1.57 bits per heavy atom. The molecule has 0 saturated heterocycles. The maximum Gasteiger partial charge on any atom is 0.402 e. The van der Waals surface area contributed by atoms with Gasteiger partial charge in [0.1, 0.15) is 16.9 Å². The van der Waals surface area contributed by atoms with Gasteiger partial charge < -0.3 is 0 Å². The molecule has 3 heteroatoms. The Morgan fingerprint density at radius 2 is 1.03 bits per heavy atom. The largest absolute Gasteiger partial charge is 0.402 e. The SMILES string of the molecule is Cc1cc2nc(-[n+]3c(-c4ccccc4)cc(-c4ccccc4)cc3-c3ccccc3)[nH]c2cc1C. The van der Waals surface area contributed by atoms with Gasteiger partial charge in [-0.15, -0.1) is 0 Å². The van der Waals surface area contributed by atoms with Crippen LogP contribution in [0.5, 0.6) is 0 Å². The molecule has 2 heterocycles. The van der Waals surface area contributed by atoms with Crippen molar-refractivity contribution in [2.45, 2.75) is 13.8 Å². The molecule has 0 amide bonds. The highest BCUT2D eigenvalue weighted by Gasteiger charge is 2.24. The first-order valence-electron chi connectivity index (χ1n) is 11.9. The zero-order valence-corrected chi connectivity index (χ0v) is 19.9. The molecule has 0 bridgehead atoms. The van der Waals surface area contributed by atoms with Gasteiger partial charge in [0.05, 0.1) is 0 Å². The van der Waals surface area contributed by atoms with Crippen LogP contribution in [0.25, 0.3) is 50.6 Å². The Labute approximate surface area is 205 Å². The highest BCUT2D eigenvalue weighted by atomic mass is 15.2. The van der Waals surface area contributed by atoms with Crippen LogP contribution in [-0.2, 0) is 0 Å². The number of H-pyrrole nitrogens is 1. The van der Waals surface area contributed by atoms with Gasteiger partial charge in [-0.05, 0) is 60.4 Å². The predicted octanol–water partition coefficient (Wildman–Crippen LogP) is 7.46. The number of hydrogen-bond donors (Lipinski definition) is 1. The molecule has 6 aromatic rings. The van der Waals surface area contributed by atoms with Gasteiger partial charge in [-0.25, -0.2) is 4.98 Å². The van der Waals surface area contributed by atoms with Crippen LogP contribution < -0.4 is 4.57 Å². The monoisotopic (exact) mass is 452 g/mol. The molecule has 168 valence electrons. The second-order valence-electron chi connectivity index (χ2n) is 8.96. The quantitative estimate of drug-likeness (QED) is 0.277. The predicted molar refractivity (Wildman–Crippen MR) is 143 cm³/mol. The number of pyridine rings is 1. The number of aromatic nitrogens is 3. The van der Waals surface area contributed by atoms with Crippen LogP contribution in [0.2, 0.25) is 0 Å². The Balaban J connectivity index is 1.71. The highest BCUT2D eigenvalue weighted by molar-refractivity contribution is 5.79. The van der Waals surface area contributed by atoms with E-state index in [2.05, 4.69) is 139 Å². The van der Waals surface area contributed by atoms with Crippen molar-refractivity contribution in [2.24, 2.45) is 0 Å². The number of benzene rings is 4. The fourth-order valence-electron chi connectivity index (χ4n) is 4.63. The Bertz CT molecular complexity index is 1530.